The molecule has 0 aromatic heterocycles. The Labute approximate surface area is 195 Å². The van der Waals surface area contributed by atoms with Crippen LogP contribution in [0, 0.1) is 6.92 Å². The summed E-state index contributed by atoms with van der Waals surface area (Å²) in [5.41, 5.74) is 2.82. The number of nitrogens with one attached hydrogen (secondary N) is 3. The van der Waals surface area contributed by atoms with Gasteiger partial charge in [-0.1, -0.05) is 12.1 Å². The zero-order valence-electron chi connectivity index (χ0n) is 18.0. The molecule has 0 aliphatic carbocycles. The van der Waals surface area contributed by atoms with E-state index in [9.17, 15) is 4.79 Å². The normalized spacial score (nSPS) is 10.6. The number of amides is 1. The maximum Gasteiger partial charge on any atom is 0.251 e. The number of hydrogen-bond acceptors (Lipinski definition) is 4. The number of rotatable bonds is 9. The molecule has 2 aromatic carbocycles. The molecule has 0 aliphatic heterocycles. The lowest BCUT2D eigenvalue weighted by Gasteiger charge is -2.15. The van der Waals surface area contributed by atoms with E-state index in [1.807, 2.05) is 19.9 Å². The van der Waals surface area contributed by atoms with E-state index in [1.165, 1.54) is 0 Å². The minimum absolute atomic E-state index is 0. The predicted octanol–water partition coefficient (Wildman–Crippen LogP) is 3.12. The van der Waals surface area contributed by atoms with E-state index in [4.69, 9.17) is 9.47 Å². The summed E-state index contributed by atoms with van der Waals surface area (Å²) in [6.45, 7) is 6.25. The van der Waals surface area contributed by atoms with Gasteiger partial charge in [0.15, 0.2) is 5.96 Å². The molecule has 0 fully saturated rings. The average molecular weight is 526 g/mol. The number of ether oxygens (including phenoxy) is 2. The molecule has 0 saturated carbocycles. The standard InChI is InChI=1S/C22H30N4O3.HI/c1-5-29-20-14-16(2)6-7-18(20)15-26-22(23-3)25-13-12-24-21(27)17-8-10-19(28-4)11-9-17;/h6-11,14H,5,12-13,15H2,1-4H3,(H,24,27)(H2,23,25,26);1H. The number of hydrogen-bond donors (Lipinski definition) is 3. The topological polar surface area (TPSA) is 84.0 Å². The summed E-state index contributed by atoms with van der Waals surface area (Å²) in [6.07, 6.45) is 0. The molecule has 0 aliphatic rings. The molecule has 164 valence electrons. The zero-order chi connectivity index (χ0) is 21.1. The van der Waals surface area contributed by atoms with Crippen LogP contribution in [0.15, 0.2) is 47.5 Å². The van der Waals surface area contributed by atoms with Gasteiger partial charge >= 0.3 is 0 Å². The van der Waals surface area contributed by atoms with Gasteiger partial charge in [-0.25, -0.2) is 0 Å². The molecule has 0 spiro atoms. The maximum absolute atomic E-state index is 12.2. The van der Waals surface area contributed by atoms with Gasteiger partial charge in [0.2, 0.25) is 0 Å². The van der Waals surface area contributed by atoms with Crippen LogP contribution in [0.1, 0.15) is 28.4 Å². The number of aliphatic imine (C=N–C) groups is 1. The van der Waals surface area contributed by atoms with E-state index < -0.39 is 0 Å². The summed E-state index contributed by atoms with van der Waals surface area (Å²) in [5, 5.41) is 9.34. The summed E-state index contributed by atoms with van der Waals surface area (Å²) < 4.78 is 10.8. The highest BCUT2D eigenvalue weighted by Gasteiger charge is 2.07. The highest BCUT2D eigenvalue weighted by molar-refractivity contribution is 14.0. The summed E-state index contributed by atoms with van der Waals surface area (Å²) >= 11 is 0. The van der Waals surface area contributed by atoms with Gasteiger partial charge in [0.25, 0.3) is 5.91 Å². The van der Waals surface area contributed by atoms with Gasteiger partial charge in [-0.2, -0.15) is 0 Å². The molecule has 3 N–H and O–H groups in total. The SMILES string of the molecule is CCOc1cc(C)ccc1CNC(=NC)NCCNC(=O)c1ccc(OC)cc1.I. The van der Waals surface area contributed by atoms with Gasteiger partial charge in [0.05, 0.1) is 13.7 Å². The first kappa shape index (κ1) is 25.5. The van der Waals surface area contributed by atoms with E-state index >= 15 is 0 Å². The maximum atomic E-state index is 12.2. The Morgan fingerprint density at radius 2 is 1.73 bits per heavy atom. The van der Waals surface area contributed by atoms with Crippen molar-refractivity contribution in [3.05, 3.63) is 59.2 Å². The predicted molar refractivity (Wildman–Crippen MR) is 131 cm³/mol. The first-order valence-electron chi connectivity index (χ1n) is 9.66. The molecule has 2 rings (SSSR count). The van der Waals surface area contributed by atoms with Crippen LogP contribution in [0.2, 0.25) is 0 Å². The number of halogens is 1. The van der Waals surface area contributed by atoms with E-state index in [1.54, 1.807) is 38.4 Å². The van der Waals surface area contributed by atoms with Crippen LogP contribution in [0.25, 0.3) is 0 Å². The van der Waals surface area contributed by atoms with Crippen LogP contribution in [0.4, 0.5) is 0 Å². The molecule has 0 atom stereocenters. The summed E-state index contributed by atoms with van der Waals surface area (Å²) in [7, 11) is 3.31. The van der Waals surface area contributed by atoms with Crippen LogP contribution in [0.5, 0.6) is 11.5 Å². The highest BCUT2D eigenvalue weighted by atomic mass is 127. The molecule has 8 heteroatoms. The van der Waals surface area contributed by atoms with E-state index in [0.717, 1.165) is 22.6 Å². The third-order valence-corrected chi connectivity index (χ3v) is 4.25. The van der Waals surface area contributed by atoms with Crippen LogP contribution in [0.3, 0.4) is 0 Å². The van der Waals surface area contributed by atoms with Crippen LogP contribution < -0.4 is 25.4 Å². The third kappa shape index (κ3) is 8.10. The molecule has 0 radical (unpaired) electrons. The summed E-state index contributed by atoms with van der Waals surface area (Å²) in [5.74, 6) is 2.13. The van der Waals surface area contributed by atoms with Gasteiger partial charge in [-0.05, 0) is 49.7 Å². The molecule has 0 unspecified atom stereocenters. The molecule has 2 aromatic rings. The molecular formula is C22H31IN4O3. The molecule has 0 bridgehead atoms. The van der Waals surface area contributed by atoms with Crippen molar-refractivity contribution >= 4 is 35.8 Å². The molecule has 7 nitrogen and oxygen atoms in total. The minimum Gasteiger partial charge on any atom is -0.497 e. The van der Waals surface area contributed by atoms with Crippen molar-refractivity contribution in [1.29, 1.82) is 0 Å². The number of aryl methyl sites for hydroxylation is 1. The second-order valence-electron chi connectivity index (χ2n) is 6.38. The monoisotopic (exact) mass is 526 g/mol. The highest BCUT2D eigenvalue weighted by Crippen LogP contribution is 2.20. The van der Waals surface area contributed by atoms with Crippen LogP contribution in [-0.2, 0) is 6.54 Å². The second kappa shape index (κ2) is 13.7. The third-order valence-electron chi connectivity index (χ3n) is 4.25. The Morgan fingerprint density at radius 3 is 2.37 bits per heavy atom. The van der Waals surface area contributed by atoms with Crippen molar-refractivity contribution in [1.82, 2.24) is 16.0 Å². The van der Waals surface area contributed by atoms with Crippen LogP contribution >= 0.6 is 24.0 Å². The number of benzene rings is 2. The number of carbonyl (C=O) groups is 1. The van der Waals surface area contributed by atoms with Crippen LogP contribution in [-0.4, -0.2) is 45.7 Å². The van der Waals surface area contributed by atoms with Gasteiger partial charge in [0, 0.05) is 37.8 Å². The molecule has 0 saturated heterocycles. The Balaban J connectivity index is 0.00000450. The fourth-order valence-electron chi connectivity index (χ4n) is 2.70. The molecule has 0 heterocycles. The number of methoxy groups -OCH3 is 1. The zero-order valence-corrected chi connectivity index (χ0v) is 20.3. The van der Waals surface area contributed by atoms with Crippen molar-refractivity contribution in [2.75, 3.05) is 33.9 Å². The lowest BCUT2D eigenvalue weighted by Crippen LogP contribution is -2.41. The Bertz CT molecular complexity index is 826. The average Bonchev–Trinajstić information content (AvgIpc) is 2.74. The number of nitrogens with zero attached hydrogens (tertiary/aromatic N) is 1. The molecule has 30 heavy (non-hydrogen) atoms. The van der Waals surface area contributed by atoms with E-state index in [-0.39, 0.29) is 29.9 Å². The number of guanidine groups is 1. The number of carbonyl (C=O) groups excluding carboxylic acids is 1. The second-order valence-corrected chi connectivity index (χ2v) is 6.38. The van der Waals surface area contributed by atoms with Crippen molar-refractivity contribution in [3.8, 4) is 11.5 Å². The summed E-state index contributed by atoms with van der Waals surface area (Å²) in [6, 6.07) is 13.1. The fourth-order valence-corrected chi connectivity index (χ4v) is 2.70. The minimum atomic E-state index is -0.126. The largest absolute Gasteiger partial charge is 0.497 e. The van der Waals surface area contributed by atoms with Gasteiger partial charge in [0.1, 0.15) is 11.5 Å². The quantitative estimate of drug-likeness (QED) is 0.203. The Kier molecular flexibility index (Phi) is 11.7. The molecule has 1 amide bonds. The summed E-state index contributed by atoms with van der Waals surface area (Å²) in [4.78, 5) is 16.4. The lowest BCUT2D eigenvalue weighted by atomic mass is 10.1. The first-order chi connectivity index (χ1) is 14.1. The first-order valence-corrected chi connectivity index (χ1v) is 9.66. The van der Waals surface area contributed by atoms with Gasteiger partial charge in [-0.3, -0.25) is 9.79 Å². The molecular weight excluding hydrogens is 495 g/mol. The smallest absolute Gasteiger partial charge is 0.251 e. The fraction of sp³-hybridized carbons (Fsp3) is 0.364. The van der Waals surface area contributed by atoms with Gasteiger partial charge in [-0.15, -0.1) is 24.0 Å². The Hall–Kier alpha value is -2.49. The van der Waals surface area contributed by atoms with E-state index in [0.29, 0.717) is 37.8 Å². The van der Waals surface area contributed by atoms with Crippen molar-refractivity contribution in [2.45, 2.75) is 20.4 Å². The van der Waals surface area contributed by atoms with Crippen molar-refractivity contribution < 1.29 is 14.3 Å². The van der Waals surface area contributed by atoms with Crippen molar-refractivity contribution in [2.24, 2.45) is 4.99 Å². The van der Waals surface area contributed by atoms with Gasteiger partial charge < -0.3 is 25.4 Å². The van der Waals surface area contributed by atoms with E-state index in [2.05, 4.69) is 33.1 Å². The Morgan fingerprint density at radius 1 is 1.03 bits per heavy atom. The lowest BCUT2D eigenvalue weighted by molar-refractivity contribution is 0.0954. The van der Waals surface area contributed by atoms with Crippen molar-refractivity contribution in [3.63, 3.8) is 0 Å².